The first-order valence-corrected chi connectivity index (χ1v) is 9.07. The van der Waals surface area contributed by atoms with Crippen molar-refractivity contribution in [2.75, 3.05) is 37.0 Å². The molecule has 0 saturated heterocycles. The van der Waals surface area contributed by atoms with Crippen LogP contribution < -0.4 is 10.1 Å². The van der Waals surface area contributed by atoms with Crippen molar-refractivity contribution in [2.45, 2.75) is 26.7 Å². The molecule has 1 rings (SSSR count). The summed E-state index contributed by atoms with van der Waals surface area (Å²) in [5.41, 5.74) is 0.659. The molecular formula is C17H26N2O3S. The number of carbonyl (C=O) groups excluding carboxylic acids is 2. The zero-order chi connectivity index (χ0) is 17.1. The first-order valence-electron chi connectivity index (χ1n) is 7.91. The molecule has 0 saturated carbocycles. The number of nitrogens with one attached hydrogen (secondary N) is 1. The van der Waals surface area contributed by atoms with Crippen molar-refractivity contribution in [1.82, 2.24) is 4.90 Å². The summed E-state index contributed by atoms with van der Waals surface area (Å²) < 4.78 is 5.47. The number of carbonyl (C=O) groups is 2. The second-order valence-corrected chi connectivity index (χ2v) is 6.12. The maximum absolute atomic E-state index is 12.0. The molecule has 0 aliphatic carbocycles. The molecule has 23 heavy (non-hydrogen) atoms. The monoisotopic (exact) mass is 338 g/mol. The van der Waals surface area contributed by atoms with Crippen LogP contribution in [0.5, 0.6) is 5.75 Å². The molecule has 0 fully saturated rings. The number of hydrogen-bond donors (Lipinski definition) is 1. The zero-order valence-corrected chi connectivity index (χ0v) is 14.9. The van der Waals surface area contributed by atoms with Gasteiger partial charge in [-0.2, -0.15) is 0 Å². The van der Waals surface area contributed by atoms with Gasteiger partial charge in [-0.25, -0.2) is 0 Å². The van der Waals surface area contributed by atoms with E-state index in [0.717, 1.165) is 19.4 Å². The number of para-hydroxylation sites is 2. The van der Waals surface area contributed by atoms with E-state index in [1.54, 1.807) is 18.0 Å². The largest absolute Gasteiger partial charge is 0.492 e. The van der Waals surface area contributed by atoms with Gasteiger partial charge in [0.25, 0.3) is 0 Å². The molecule has 2 amide bonds. The van der Waals surface area contributed by atoms with Gasteiger partial charge in [-0.3, -0.25) is 9.59 Å². The van der Waals surface area contributed by atoms with E-state index in [1.807, 2.05) is 25.1 Å². The summed E-state index contributed by atoms with van der Waals surface area (Å²) in [5.74, 6) is 1.15. The molecule has 0 aliphatic rings. The van der Waals surface area contributed by atoms with Crippen LogP contribution in [-0.4, -0.2) is 48.4 Å². The van der Waals surface area contributed by atoms with Crippen LogP contribution in [0.3, 0.4) is 0 Å². The second kappa shape index (κ2) is 10.9. The van der Waals surface area contributed by atoms with E-state index in [2.05, 4.69) is 12.2 Å². The number of rotatable bonds is 10. The normalized spacial score (nSPS) is 10.2. The molecule has 0 bridgehead atoms. The molecule has 128 valence electrons. The van der Waals surface area contributed by atoms with Gasteiger partial charge in [0, 0.05) is 13.6 Å². The Balaban J connectivity index is 2.36. The number of unbranched alkanes of at least 4 members (excludes halogenated alkanes) is 1. The van der Waals surface area contributed by atoms with Crippen molar-refractivity contribution < 1.29 is 14.3 Å². The summed E-state index contributed by atoms with van der Waals surface area (Å²) in [6.07, 6.45) is 2.06. The molecule has 1 N–H and O–H groups in total. The van der Waals surface area contributed by atoms with Gasteiger partial charge in [0.05, 0.1) is 23.8 Å². The van der Waals surface area contributed by atoms with Gasteiger partial charge in [0.1, 0.15) is 5.75 Å². The Kier molecular flexibility index (Phi) is 9.21. The van der Waals surface area contributed by atoms with Gasteiger partial charge >= 0.3 is 0 Å². The Morgan fingerprint density at radius 2 is 1.96 bits per heavy atom. The van der Waals surface area contributed by atoms with Crippen LogP contribution in [0.25, 0.3) is 0 Å². The maximum atomic E-state index is 12.0. The molecule has 0 unspecified atom stereocenters. The average Bonchev–Trinajstić information content (AvgIpc) is 2.54. The lowest BCUT2D eigenvalue weighted by molar-refractivity contribution is -0.127. The summed E-state index contributed by atoms with van der Waals surface area (Å²) in [6.45, 7) is 5.30. The fraction of sp³-hybridized carbons (Fsp3) is 0.529. The molecule has 0 heterocycles. The van der Waals surface area contributed by atoms with Crippen molar-refractivity contribution >= 4 is 29.3 Å². The van der Waals surface area contributed by atoms with Crippen molar-refractivity contribution in [3.8, 4) is 5.75 Å². The highest BCUT2D eigenvalue weighted by molar-refractivity contribution is 8.00. The van der Waals surface area contributed by atoms with Crippen LogP contribution in [0.4, 0.5) is 5.69 Å². The van der Waals surface area contributed by atoms with Crippen LogP contribution in [0, 0.1) is 0 Å². The number of anilines is 1. The third-order valence-electron chi connectivity index (χ3n) is 3.19. The molecule has 0 aromatic heterocycles. The summed E-state index contributed by atoms with van der Waals surface area (Å²) in [4.78, 5) is 25.6. The van der Waals surface area contributed by atoms with E-state index in [0.29, 0.717) is 23.8 Å². The number of amides is 2. The van der Waals surface area contributed by atoms with Crippen molar-refractivity contribution in [1.29, 1.82) is 0 Å². The minimum Gasteiger partial charge on any atom is -0.492 e. The van der Waals surface area contributed by atoms with Crippen molar-refractivity contribution in [2.24, 2.45) is 0 Å². The summed E-state index contributed by atoms with van der Waals surface area (Å²) in [5, 5.41) is 2.82. The van der Waals surface area contributed by atoms with E-state index in [9.17, 15) is 9.59 Å². The van der Waals surface area contributed by atoms with Crippen LogP contribution in [0.15, 0.2) is 24.3 Å². The Bertz CT molecular complexity index is 508. The SMILES string of the molecule is CCCCN(C)C(=O)CSCC(=O)Nc1ccccc1OCC. The maximum Gasteiger partial charge on any atom is 0.234 e. The molecule has 0 radical (unpaired) electrons. The number of benzene rings is 1. The zero-order valence-electron chi connectivity index (χ0n) is 14.1. The fourth-order valence-corrected chi connectivity index (χ4v) is 2.65. The lowest BCUT2D eigenvalue weighted by atomic mass is 10.3. The standard InChI is InChI=1S/C17H26N2O3S/c1-4-6-11-19(3)17(21)13-23-12-16(20)18-14-9-7-8-10-15(14)22-5-2/h7-10H,4-6,11-13H2,1-3H3,(H,18,20). The molecule has 6 heteroatoms. The van der Waals surface area contributed by atoms with Gasteiger partial charge in [0.2, 0.25) is 11.8 Å². The number of nitrogens with zero attached hydrogens (tertiary/aromatic N) is 1. The molecule has 0 atom stereocenters. The van der Waals surface area contributed by atoms with Gasteiger partial charge in [-0.05, 0) is 25.5 Å². The number of ether oxygens (including phenoxy) is 1. The third kappa shape index (κ3) is 7.41. The lowest BCUT2D eigenvalue weighted by Crippen LogP contribution is -2.29. The van der Waals surface area contributed by atoms with Gasteiger partial charge in [-0.15, -0.1) is 11.8 Å². The van der Waals surface area contributed by atoms with Crippen LogP contribution in [-0.2, 0) is 9.59 Å². The van der Waals surface area contributed by atoms with E-state index >= 15 is 0 Å². The van der Waals surface area contributed by atoms with Crippen molar-refractivity contribution in [3.05, 3.63) is 24.3 Å². The summed E-state index contributed by atoms with van der Waals surface area (Å²) in [7, 11) is 1.80. The topological polar surface area (TPSA) is 58.6 Å². The quantitative estimate of drug-likeness (QED) is 0.712. The Hall–Kier alpha value is -1.69. The van der Waals surface area contributed by atoms with E-state index < -0.39 is 0 Å². The Morgan fingerprint density at radius 3 is 2.65 bits per heavy atom. The fourth-order valence-electron chi connectivity index (χ4n) is 1.90. The van der Waals surface area contributed by atoms with Gasteiger partial charge in [-0.1, -0.05) is 25.5 Å². The average molecular weight is 338 g/mol. The first-order chi connectivity index (χ1) is 11.1. The van der Waals surface area contributed by atoms with Gasteiger partial charge in [0.15, 0.2) is 0 Å². The highest BCUT2D eigenvalue weighted by Crippen LogP contribution is 2.23. The number of thioether (sulfide) groups is 1. The van der Waals surface area contributed by atoms with E-state index in [-0.39, 0.29) is 17.6 Å². The highest BCUT2D eigenvalue weighted by Gasteiger charge is 2.11. The second-order valence-electron chi connectivity index (χ2n) is 5.14. The van der Waals surface area contributed by atoms with Crippen LogP contribution >= 0.6 is 11.8 Å². The highest BCUT2D eigenvalue weighted by atomic mass is 32.2. The predicted octanol–water partition coefficient (Wildman–Crippen LogP) is 3.02. The van der Waals surface area contributed by atoms with E-state index in [1.165, 1.54) is 11.8 Å². The Labute approximate surface area is 142 Å². The van der Waals surface area contributed by atoms with Crippen LogP contribution in [0.2, 0.25) is 0 Å². The molecule has 1 aromatic carbocycles. The molecule has 0 aliphatic heterocycles. The number of hydrogen-bond acceptors (Lipinski definition) is 4. The summed E-state index contributed by atoms with van der Waals surface area (Å²) >= 11 is 1.33. The minimum absolute atomic E-state index is 0.0611. The molecular weight excluding hydrogens is 312 g/mol. The smallest absolute Gasteiger partial charge is 0.234 e. The molecule has 0 spiro atoms. The summed E-state index contributed by atoms with van der Waals surface area (Å²) in [6, 6.07) is 7.33. The van der Waals surface area contributed by atoms with Crippen molar-refractivity contribution in [3.63, 3.8) is 0 Å². The van der Waals surface area contributed by atoms with Crippen LogP contribution in [0.1, 0.15) is 26.7 Å². The Morgan fingerprint density at radius 1 is 1.22 bits per heavy atom. The molecule has 1 aromatic rings. The molecule has 5 nitrogen and oxygen atoms in total. The third-order valence-corrected chi connectivity index (χ3v) is 4.11. The first kappa shape index (κ1) is 19.4. The van der Waals surface area contributed by atoms with Gasteiger partial charge < -0.3 is 15.0 Å². The predicted molar refractivity (Wildman–Crippen MR) is 96.1 cm³/mol. The minimum atomic E-state index is -0.133. The lowest BCUT2D eigenvalue weighted by Gasteiger charge is -2.16. The van der Waals surface area contributed by atoms with E-state index in [4.69, 9.17) is 4.74 Å².